The van der Waals surface area contributed by atoms with E-state index in [1.165, 1.54) is 6.07 Å². The standard InChI is InChI=1S/C15H19NO6S/c1-2-21-14-7-11(8-17)3-4-13(14)22-9-15(18)16-12-5-6-23(19,20)10-12/h3-4,7-8,12H,2,5-6,9-10H2,1H3,(H,16,18)/t12-/m1/s1. The van der Waals surface area contributed by atoms with Crippen molar-refractivity contribution >= 4 is 22.0 Å². The molecule has 0 aliphatic carbocycles. The van der Waals surface area contributed by atoms with Gasteiger partial charge in [0, 0.05) is 11.6 Å². The van der Waals surface area contributed by atoms with Crippen LogP contribution in [0.3, 0.4) is 0 Å². The summed E-state index contributed by atoms with van der Waals surface area (Å²) in [5.74, 6) is 0.409. The Balaban J connectivity index is 1.92. The van der Waals surface area contributed by atoms with E-state index in [0.717, 1.165) is 0 Å². The van der Waals surface area contributed by atoms with Crippen molar-refractivity contribution in [2.24, 2.45) is 0 Å². The minimum atomic E-state index is -3.04. The highest BCUT2D eigenvalue weighted by Crippen LogP contribution is 2.28. The van der Waals surface area contributed by atoms with Gasteiger partial charge in [-0.3, -0.25) is 9.59 Å². The van der Waals surface area contributed by atoms with Crippen molar-refractivity contribution in [3.05, 3.63) is 23.8 Å². The van der Waals surface area contributed by atoms with Crippen LogP contribution in [0.5, 0.6) is 11.5 Å². The summed E-state index contributed by atoms with van der Waals surface area (Å²) in [5.41, 5.74) is 0.446. The number of sulfone groups is 1. The second kappa shape index (κ2) is 7.45. The molecule has 0 radical (unpaired) electrons. The maximum Gasteiger partial charge on any atom is 0.258 e. The van der Waals surface area contributed by atoms with Crippen molar-refractivity contribution in [2.75, 3.05) is 24.7 Å². The van der Waals surface area contributed by atoms with Gasteiger partial charge in [0.2, 0.25) is 0 Å². The maximum atomic E-state index is 11.8. The predicted molar refractivity (Wildman–Crippen MR) is 83.7 cm³/mol. The molecule has 0 bridgehead atoms. The molecule has 0 unspecified atom stereocenters. The molecule has 0 saturated carbocycles. The molecule has 1 aromatic carbocycles. The molecule has 8 heteroatoms. The first-order valence-corrected chi connectivity index (χ1v) is 9.10. The minimum Gasteiger partial charge on any atom is -0.490 e. The summed E-state index contributed by atoms with van der Waals surface area (Å²) in [7, 11) is -3.04. The minimum absolute atomic E-state index is 0.0308. The fourth-order valence-electron chi connectivity index (χ4n) is 2.31. The fourth-order valence-corrected chi connectivity index (χ4v) is 3.98. The van der Waals surface area contributed by atoms with E-state index in [0.29, 0.717) is 36.4 Å². The lowest BCUT2D eigenvalue weighted by Crippen LogP contribution is -2.38. The van der Waals surface area contributed by atoms with E-state index < -0.39 is 15.7 Å². The van der Waals surface area contributed by atoms with Crippen molar-refractivity contribution in [2.45, 2.75) is 19.4 Å². The van der Waals surface area contributed by atoms with Gasteiger partial charge in [0.15, 0.2) is 27.9 Å². The second-order valence-electron chi connectivity index (χ2n) is 5.21. The summed E-state index contributed by atoms with van der Waals surface area (Å²) in [6, 6.07) is 4.29. The summed E-state index contributed by atoms with van der Waals surface area (Å²) >= 11 is 0. The van der Waals surface area contributed by atoms with Crippen LogP contribution in [0.2, 0.25) is 0 Å². The SMILES string of the molecule is CCOc1cc(C=O)ccc1OCC(=O)N[C@@H]1CCS(=O)(=O)C1. The molecule has 1 amide bonds. The number of amides is 1. The summed E-state index contributed by atoms with van der Waals surface area (Å²) < 4.78 is 33.5. The van der Waals surface area contributed by atoms with Crippen molar-refractivity contribution in [1.82, 2.24) is 5.32 Å². The number of ether oxygens (including phenoxy) is 2. The molecule has 1 N–H and O–H groups in total. The van der Waals surface area contributed by atoms with Crippen LogP contribution < -0.4 is 14.8 Å². The summed E-state index contributed by atoms with van der Waals surface area (Å²) in [4.78, 5) is 22.6. The highest BCUT2D eigenvalue weighted by Gasteiger charge is 2.28. The van der Waals surface area contributed by atoms with Crippen LogP contribution >= 0.6 is 0 Å². The largest absolute Gasteiger partial charge is 0.490 e. The summed E-state index contributed by atoms with van der Waals surface area (Å²) in [5, 5.41) is 2.64. The Morgan fingerprint density at radius 1 is 1.35 bits per heavy atom. The molecule has 1 aliphatic rings. The Hall–Kier alpha value is -2.09. The van der Waals surface area contributed by atoms with E-state index in [4.69, 9.17) is 9.47 Å². The van der Waals surface area contributed by atoms with Crippen LogP contribution in [-0.2, 0) is 14.6 Å². The monoisotopic (exact) mass is 341 g/mol. The van der Waals surface area contributed by atoms with Crippen LogP contribution in [0.1, 0.15) is 23.7 Å². The molecule has 23 heavy (non-hydrogen) atoms. The van der Waals surface area contributed by atoms with E-state index in [1.54, 1.807) is 19.1 Å². The van der Waals surface area contributed by atoms with E-state index in [1.807, 2.05) is 0 Å². The number of hydrogen-bond donors (Lipinski definition) is 1. The quantitative estimate of drug-likeness (QED) is 0.729. The highest BCUT2D eigenvalue weighted by molar-refractivity contribution is 7.91. The number of nitrogens with one attached hydrogen (secondary N) is 1. The molecule has 1 atom stereocenters. The van der Waals surface area contributed by atoms with Crippen LogP contribution in [0.15, 0.2) is 18.2 Å². The molecule has 1 saturated heterocycles. The predicted octanol–water partition coefficient (Wildman–Crippen LogP) is 0.580. The van der Waals surface area contributed by atoms with Crippen molar-refractivity contribution in [1.29, 1.82) is 0 Å². The molecule has 1 aliphatic heterocycles. The number of aldehydes is 1. The Kier molecular flexibility index (Phi) is 5.59. The van der Waals surface area contributed by atoms with Crippen molar-refractivity contribution in [3.8, 4) is 11.5 Å². The number of rotatable bonds is 7. The fraction of sp³-hybridized carbons (Fsp3) is 0.467. The summed E-state index contributed by atoms with van der Waals surface area (Å²) in [6.07, 6.45) is 1.12. The van der Waals surface area contributed by atoms with E-state index in [-0.39, 0.29) is 24.2 Å². The maximum absolute atomic E-state index is 11.8. The Bertz CT molecular complexity index is 685. The molecule has 2 rings (SSSR count). The molecule has 7 nitrogen and oxygen atoms in total. The molecule has 126 valence electrons. The lowest BCUT2D eigenvalue weighted by molar-refractivity contribution is -0.123. The Labute approximate surface area is 134 Å². The van der Waals surface area contributed by atoms with E-state index in [9.17, 15) is 18.0 Å². The van der Waals surface area contributed by atoms with Gasteiger partial charge in [0.1, 0.15) is 6.29 Å². The summed E-state index contributed by atoms with van der Waals surface area (Å²) in [6.45, 7) is 1.94. The number of benzene rings is 1. The molecule has 1 aromatic rings. The zero-order chi connectivity index (χ0) is 16.9. The second-order valence-corrected chi connectivity index (χ2v) is 7.44. The first-order chi connectivity index (χ1) is 10.9. The third-order valence-electron chi connectivity index (χ3n) is 3.36. The normalized spacial score (nSPS) is 19.1. The van der Waals surface area contributed by atoms with Crippen LogP contribution in [0.25, 0.3) is 0 Å². The zero-order valence-corrected chi connectivity index (χ0v) is 13.6. The van der Waals surface area contributed by atoms with E-state index >= 15 is 0 Å². The van der Waals surface area contributed by atoms with Crippen molar-refractivity contribution in [3.63, 3.8) is 0 Å². The molecular formula is C15H19NO6S. The van der Waals surface area contributed by atoms with Gasteiger partial charge >= 0.3 is 0 Å². The van der Waals surface area contributed by atoms with Gasteiger partial charge < -0.3 is 14.8 Å². The van der Waals surface area contributed by atoms with Gasteiger partial charge in [0.05, 0.1) is 18.1 Å². The average molecular weight is 341 g/mol. The third-order valence-corrected chi connectivity index (χ3v) is 5.13. The average Bonchev–Trinajstić information content (AvgIpc) is 2.85. The Morgan fingerprint density at radius 3 is 2.74 bits per heavy atom. The lowest BCUT2D eigenvalue weighted by Gasteiger charge is -2.14. The molecule has 1 heterocycles. The smallest absolute Gasteiger partial charge is 0.258 e. The first kappa shape index (κ1) is 17.3. The molecule has 0 aromatic heterocycles. The molecule has 1 fully saturated rings. The van der Waals surface area contributed by atoms with Gasteiger partial charge in [0.25, 0.3) is 5.91 Å². The van der Waals surface area contributed by atoms with Gasteiger partial charge in [-0.25, -0.2) is 8.42 Å². The lowest BCUT2D eigenvalue weighted by atomic mass is 10.2. The topological polar surface area (TPSA) is 98.8 Å². The van der Waals surface area contributed by atoms with Crippen LogP contribution in [-0.4, -0.2) is 51.4 Å². The number of carbonyl (C=O) groups is 2. The van der Waals surface area contributed by atoms with Gasteiger partial charge in [-0.15, -0.1) is 0 Å². The highest BCUT2D eigenvalue weighted by atomic mass is 32.2. The molecular weight excluding hydrogens is 322 g/mol. The van der Waals surface area contributed by atoms with Gasteiger partial charge in [-0.1, -0.05) is 0 Å². The first-order valence-electron chi connectivity index (χ1n) is 7.28. The van der Waals surface area contributed by atoms with Gasteiger partial charge in [-0.05, 0) is 31.5 Å². The Morgan fingerprint density at radius 2 is 2.13 bits per heavy atom. The third kappa shape index (κ3) is 4.95. The van der Waals surface area contributed by atoms with Gasteiger partial charge in [-0.2, -0.15) is 0 Å². The van der Waals surface area contributed by atoms with Crippen molar-refractivity contribution < 1.29 is 27.5 Å². The van der Waals surface area contributed by atoms with Crippen LogP contribution in [0.4, 0.5) is 0 Å². The molecule has 0 spiro atoms. The zero-order valence-electron chi connectivity index (χ0n) is 12.8. The van der Waals surface area contributed by atoms with Crippen LogP contribution in [0, 0.1) is 0 Å². The van der Waals surface area contributed by atoms with E-state index in [2.05, 4.69) is 5.32 Å². The number of hydrogen-bond acceptors (Lipinski definition) is 6. The number of carbonyl (C=O) groups excluding carboxylic acids is 2.